The van der Waals surface area contributed by atoms with Crippen molar-refractivity contribution < 1.29 is 89.4 Å². The van der Waals surface area contributed by atoms with Gasteiger partial charge in [-0.3, -0.25) is 4.79 Å². The predicted octanol–water partition coefficient (Wildman–Crippen LogP) is 9.28. The van der Waals surface area contributed by atoms with Gasteiger partial charge in [0.2, 0.25) is 5.91 Å². The first-order chi connectivity index (χ1) is 42.3. The molecule has 0 aliphatic carbocycles. The molecule has 3 aliphatic heterocycles. The molecule has 3 rings (SSSR count). The first-order valence-corrected chi connectivity index (χ1v) is 35.4. The second kappa shape index (κ2) is 51.0. The van der Waals surface area contributed by atoms with Crippen molar-refractivity contribution >= 4 is 5.91 Å². The maximum absolute atomic E-state index is 13.4. The molecule has 0 saturated carbocycles. The summed E-state index contributed by atoms with van der Waals surface area (Å²) in [7, 11) is 0. The maximum Gasteiger partial charge on any atom is 0.220 e. The third kappa shape index (κ3) is 33.3. The Morgan fingerprint density at radius 3 is 1.11 bits per heavy atom. The van der Waals surface area contributed by atoms with Gasteiger partial charge in [0.1, 0.15) is 73.2 Å². The topological polar surface area (TPSA) is 307 Å². The average molecular weight is 1250 g/mol. The number of unbranched alkanes of at least 4 members (excludes halogenated alkanes) is 37. The lowest BCUT2D eigenvalue weighted by atomic mass is 9.96. The molecular formula is C68H129NO18. The van der Waals surface area contributed by atoms with Crippen molar-refractivity contribution in [3.63, 3.8) is 0 Å². The summed E-state index contributed by atoms with van der Waals surface area (Å²) < 4.78 is 34.4. The van der Waals surface area contributed by atoms with E-state index in [4.69, 9.17) is 28.4 Å². The Labute approximate surface area is 525 Å². The third-order valence-corrected chi connectivity index (χ3v) is 18.1. The molecule has 0 aromatic heterocycles. The van der Waals surface area contributed by atoms with Gasteiger partial charge in [-0.25, -0.2) is 0 Å². The van der Waals surface area contributed by atoms with E-state index in [9.17, 15) is 61.0 Å². The van der Waals surface area contributed by atoms with Crippen LogP contribution in [0.4, 0.5) is 0 Å². The van der Waals surface area contributed by atoms with Gasteiger partial charge in [-0.1, -0.05) is 251 Å². The van der Waals surface area contributed by atoms with Crippen molar-refractivity contribution in [1.82, 2.24) is 5.32 Å². The summed E-state index contributed by atoms with van der Waals surface area (Å²) in [6, 6.07) is -0.887. The van der Waals surface area contributed by atoms with Gasteiger partial charge in [-0.15, -0.1) is 0 Å². The minimum absolute atomic E-state index is 0.243. The Bertz CT molecular complexity index is 1630. The number of rotatable bonds is 55. The Morgan fingerprint density at radius 1 is 0.402 bits per heavy atom. The quantitative estimate of drug-likeness (QED) is 0.0199. The van der Waals surface area contributed by atoms with Gasteiger partial charge < -0.3 is 89.9 Å². The van der Waals surface area contributed by atoms with Crippen LogP contribution in [0.2, 0.25) is 0 Å². The normalized spacial score (nSPS) is 28.6. The monoisotopic (exact) mass is 1250 g/mol. The fourth-order valence-electron chi connectivity index (χ4n) is 12.3. The highest BCUT2D eigenvalue weighted by Gasteiger charge is 2.53. The molecule has 3 aliphatic rings. The maximum atomic E-state index is 13.4. The van der Waals surface area contributed by atoms with E-state index in [-0.39, 0.29) is 18.9 Å². The van der Waals surface area contributed by atoms with Gasteiger partial charge in [0.15, 0.2) is 18.9 Å². The van der Waals surface area contributed by atoms with Gasteiger partial charge in [0.05, 0.1) is 38.6 Å². The second-order valence-electron chi connectivity index (χ2n) is 25.7. The van der Waals surface area contributed by atoms with Crippen LogP contribution in [-0.4, -0.2) is 193 Å². The van der Waals surface area contributed by atoms with Crippen LogP contribution in [0.25, 0.3) is 0 Å². The van der Waals surface area contributed by atoms with Crippen molar-refractivity contribution in [3.05, 3.63) is 12.2 Å². The third-order valence-electron chi connectivity index (χ3n) is 18.1. The number of ether oxygens (including phenoxy) is 6. The summed E-state index contributed by atoms with van der Waals surface area (Å²) in [5.74, 6) is -0.243. The highest BCUT2D eigenvalue weighted by Crippen LogP contribution is 2.33. The molecule has 3 fully saturated rings. The second-order valence-corrected chi connectivity index (χ2v) is 25.7. The zero-order valence-electron chi connectivity index (χ0n) is 54.3. The van der Waals surface area contributed by atoms with Gasteiger partial charge >= 0.3 is 0 Å². The summed E-state index contributed by atoms with van der Waals surface area (Å²) in [6.07, 6.45) is 28.6. The minimum atomic E-state index is -1.97. The summed E-state index contributed by atoms with van der Waals surface area (Å²) in [5, 5.41) is 121. The van der Waals surface area contributed by atoms with Crippen molar-refractivity contribution in [2.45, 2.75) is 388 Å². The fraction of sp³-hybridized carbons (Fsp3) is 0.956. The summed E-state index contributed by atoms with van der Waals surface area (Å²) in [4.78, 5) is 13.4. The Balaban J connectivity index is 1.42. The van der Waals surface area contributed by atoms with E-state index in [0.29, 0.717) is 12.8 Å². The van der Waals surface area contributed by atoms with Crippen molar-refractivity contribution in [2.24, 2.45) is 0 Å². The van der Waals surface area contributed by atoms with E-state index in [1.165, 1.54) is 193 Å². The molecule has 0 spiro atoms. The lowest BCUT2D eigenvalue weighted by Crippen LogP contribution is -2.66. The lowest BCUT2D eigenvalue weighted by Gasteiger charge is -2.48. The molecule has 3 heterocycles. The van der Waals surface area contributed by atoms with Crippen LogP contribution in [0.1, 0.15) is 284 Å². The van der Waals surface area contributed by atoms with Crippen molar-refractivity contribution in [1.29, 1.82) is 0 Å². The SMILES string of the molecule is CCCCCCCC/C=C\CCCCCCCCCC(=O)NC(COC1OC(CO)C(OC2OC(CO)C(OC3OC(CO)C(O)C(O)C3O)C(O)C2O)C(O)C1O)C(O)CCCCCCCCCCCCCCCCCCCCCCCCCCC. The minimum Gasteiger partial charge on any atom is -0.394 e. The Kier molecular flexibility index (Phi) is 46.8. The molecule has 1 amide bonds. The number of hydrogen-bond donors (Lipinski definition) is 12. The molecule has 87 heavy (non-hydrogen) atoms. The number of nitrogens with one attached hydrogen (secondary N) is 1. The van der Waals surface area contributed by atoms with E-state index < -0.39 is 124 Å². The first kappa shape index (κ1) is 79.8. The highest BCUT2D eigenvalue weighted by molar-refractivity contribution is 5.76. The number of aliphatic hydroxyl groups is 11. The first-order valence-electron chi connectivity index (χ1n) is 35.4. The van der Waals surface area contributed by atoms with E-state index in [1.807, 2.05) is 0 Å². The van der Waals surface area contributed by atoms with Crippen molar-refractivity contribution in [2.75, 3.05) is 26.4 Å². The summed E-state index contributed by atoms with van der Waals surface area (Å²) in [6.45, 7) is 1.83. The largest absolute Gasteiger partial charge is 0.394 e. The molecule has 0 bridgehead atoms. The average Bonchev–Trinajstić information content (AvgIpc) is 2.97. The van der Waals surface area contributed by atoms with Gasteiger partial charge in [-0.05, 0) is 38.5 Å². The van der Waals surface area contributed by atoms with Crippen LogP contribution in [-0.2, 0) is 33.2 Å². The zero-order valence-corrected chi connectivity index (χ0v) is 54.3. The standard InChI is InChI=1S/C68H129NO18/c1-3-5-7-9-11-13-15-17-19-21-22-23-24-25-26-27-28-30-31-33-35-37-39-41-43-45-52(73)51(69-56(74)46-44-42-40-38-36-34-32-29-20-18-16-14-12-10-8-6-4-2)50-82-66-62(80)59(77)64(54(48-71)84-66)87-68-63(81)60(78)65(55(49-72)85-68)86-67-61(79)58(76)57(75)53(47-70)83-67/h18,20,51-55,57-68,70-73,75-81H,3-17,19,21-50H2,1-2H3,(H,69,74)/b20-18-. The number of hydrogen-bond acceptors (Lipinski definition) is 18. The number of carbonyl (C=O) groups excluding carboxylic acids is 1. The van der Waals surface area contributed by atoms with Crippen LogP contribution in [0.3, 0.4) is 0 Å². The van der Waals surface area contributed by atoms with Crippen LogP contribution >= 0.6 is 0 Å². The fourth-order valence-corrected chi connectivity index (χ4v) is 12.3. The van der Waals surface area contributed by atoms with Crippen LogP contribution < -0.4 is 5.32 Å². The molecular weight excluding hydrogens is 1120 g/mol. The zero-order chi connectivity index (χ0) is 63.3. The molecule has 17 unspecified atom stereocenters. The molecule has 514 valence electrons. The predicted molar refractivity (Wildman–Crippen MR) is 337 cm³/mol. The van der Waals surface area contributed by atoms with Crippen molar-refractivity contribution in [3.8, 4) is 0 Å². The van der Waals surface area contributed by atoms with E-state index >= 15 is 0 Å². The van der Waals surface area contributed by atoms with Crippen LogP contribution in [0.5, 0.6) is 0 Å². The molecule has 0 aromatic carbocycles. The molecule has 19 nitrogen and oxygen atoms in total. The Hall–Kier alpha value is -1.47. The lowest BCUT2D eigenvalue weighted by molar-refractivity contribution is -0.379. The number of allylic oxidation sites excluding steroid dienone is 2. The smallest absolute Gasteiger partial charge is 0.220 e. The Morgan fingerprint density at radius 2 is 0.724 bits per heavy atom. The molecule has 0 radical (unpaired) electrons. The van der Waals surface area contributed by atoms with Crippen LogP contribution in [0, 0.1) is 0 Å². The van der Waals surface area contributed by atoms with E-state index in [0.717, 1.165) is 57.8 Å². The number of carbonyl (C=O) groups is 1. The number of amides is 1. The molecule has 19 heteroatoms. The van der Waals surface area contributed by atoms with Crippen LogP contribution in [0.15, 0.2) is 12.2 Å². The molecule has 3 saturated heterocycles. The molecule has 17 atom stereocenters. The van der Waals surface area contributed by atoms with E-state index in [2.05, 4.69) is 31.3 Å². The van der Waals surface area contributed by atoms with Gasteiger partial charge in [-0.2, -0.15) is 0 Å². The summed E-state index contributed by atoms with van der Waals surface area (Å²) >= 11 is 0. The number of aliphatic hydroxyl groups excluding tert-OH is 11. The highest BCUT2D eigenvalue weighted by atomic mass is 16.8. The van der Waals surface area contributed by atoms with Gasteiger partial charge in [0.25, 0.3) is 0 Å². The molecule has 0 aromatic rings. The van der Waals surface area contributed by atoms with Gasteiger partial charge in [0, 0.05) is 6.42 Å². The summed E-state index contributed by atoms with van der Waals surface area (Å²) in [5.41, 5.74) is 0. The van der Waals surface area contributed by atoms with E-state index in [1.54, 1.807) is 0 Å². The molecule has 12 N–H and O–H groups in total.